The molecule has 0 aliphatic rings. The number of benzene rings is 1. The van der Waals surface area contributed by atoms with E-state index in [4.69, 9.17) is 9.15 Å². The summed E-state index contributed by atoms with van der Waals surface area (Å²) < 4.78 is 47.0. The average Bonchev–Trinajstić information content (AvgIpc) is 2.95. The van der Waals surface area contributed by atoms with Crippen molar-refractivity contribution in [3.8, 4) is 17.0 Å². The third-order valence-corrected chi connectivity index (χ3v) is 2.91. The SMILES string of the molecule is O=c1[nH]c(OCC(F)(F)F)c(-c2ccccc2)c2ocnc12. The van der Waals surface area contributed by atoms with Crippen LogP contribution in [0, 0.1) is 0 Å². The fraction of sp³-hybridized carbons (Fsp3) is 0.143. The van der Waals surface area contributed by atoms with E-state index in [0.717, 1.165) is 6.39 Å². The van der Waals surface area contributed by atoms with Crippen LogP contribution in [0.25, 0.3) is 22.2 Å². The lowest BCUT2D eigenvalue weighted by Gasteiger charge is -2.12. The Balaban J connectivity index is 2.20. The molecule has 0 bridgehead atoms. The Bertz CT molecular complexity index is 853. The monoisotopic (exact) mass is 310 g/mol. The number of aromatic nitrogens is 2. The minimum Gasteiger partial charge on any atom is -0.469 e. The van der Waals surface area contributed by atoms with Gasteiger partial charge in [0.15, 0.2) is 24.1 Å². The van der Waals surface area contributed by atoms with Crippen LogP contribution in [-0.4, -0.2) is 22.8 Å². The van der Waals surface area contributed by atoms with Crippen molar-refractivity contribution in [1.82, 2.24) is 9.97 Å². The van der Waals surface area contributed by atoms with Gasteiger partial charge >= 0.3 is 6.18 Å². The van der Waals surface area contributed by atoms with Crippen LogP contribution in [0.3, 0.4) is 0 Å². The van der Waals surface area contributed by atoms with Gasteiger partial charge < -0.3 is 9.15 Å². The highest BCUT2D eigenvalue weighted by atomic mass is 19.4. The Labute approximate surface area is 121 Å². The van der Waals surface area contributed by atoms with Gasteiger partial charge in [-0.05, 0) is 5.56 Å². The predicted molar refractivity (Wildman–Crippen MR) is 71.6 cm³/mol. The van der Waals surface area contributed by atoms with E-state index in [2.05, 4.69) is 9.97 Å². The molecule has 0 aliphatic carbocycles. The summed E-state index contributed by atoms with van der Waals surface area (Å²) in [6.45, 7) is -1.53. The van der Waals surface area contributed by atoms with Gasteiger partial charge in [-0.25, -0.2) is 4.98 Å². The van der Waals surface area contributed by atoms with Gasteiger partial charge in [0.25, 0.3) is 5.56 Å². The van der Waals surface area contributed by atoms with Crippen LogP contribution in [0.2, 0.25) is 0 Å². The topological polar surface area (TPSA) is 68.1 Å². The van der Waals surface area contributed by atoms with Gasteiger partial charge in [0, 0.05) is 0 Å². The lowest BCUT2D eigenvalue weighted by molar-refractivity contribution is -0.154. The molecule has 2 aromatic heterocycles. The zero-order chi connectivity index (χ0) is 15.7. The summed E-state index contributed by atoms with van der Waals surface area (Å²) >= 11 is 0. The molecule has 0 aliphatic heterocycles. The van der Waals surface area contributed by atoms with Gasteiger partial charge in [0.1, 0.15) is 0 Å². The molecular formula is C14H9F3N2O3. The first-order chi connectivity index (χ1) is 10.5. The van der Waals surface area contributed by atoms with Crippen molar-refractivity contribution in [2.75, 3.05) is 6.61 Å². The molecule has 3 rings (SSSR count). The molecule has 114 valence electrons. The summed E-state index contributed by atoms with van der Waals surface area (Å²) in [6, 6.07) is 8.49. The molecule has 2 heterocycles. The number of ether oxygens (including phenoxy) is 1. The maximum atomic E-state index is 12.4. The van der Waals surface area contributed by atoms with Crippen molar-refractivity contribution in [1.29, 1.82) is 0 Å². The minimum absolute atomic E-state index is 0.00166. The summed E-state index contributed by atoms with van der Waals surface area (Å²) in [5.41, 5.74) is 0.153. The maximum absolute atomic E-state index is 12.4. The van der Waals surface area contributed by atoms with Crippen LogP contribution in [0.5, 0.6) is 5.88 Å². The Morgan fingerprint density at radius 1 is 1.23 bits per heavy atom. The highest BCUT2D eigenvalue weighted by Gasteiger charge is 2.30. The molecule has 0 spiro atoms. The number of H-pyrrole nitrogens is 1. The Morgan fingerprint density at radius 2 is 1.95 bits per heavy atom. The molecule has 22 heavy (non-hydrogen) atoms. The molecule has 0 atom stereocenters. The van der Waals surface area contributed by atoms with Gasteiger partial charge in [-0.15, -0.1) is 0 Å². The van der Waals surface area contributed by atoms with E-state index in [1.54, 1.807) is 30.3 Å². The molecule has 8 heteroatoms. The summed E-state index contributed by atoms with van der Waals surface area (Å²) in [4.78, 5) is 17.9. The number of rotatable bonds is 3. The second kappa shape index (κ2) is 5.21. The number of fused-ring (bicyclic) bond motifs is 1. The molecule has 1 aromatic carbocycles. The third kappa shape index (κ3) is 2.67. The summed E-state index contributed by atoms with van der Waals surface area (Å²) in [5, 5.41) is 0. The van der Waals surface area contributed by atoms with Gasteiger partial charge in [-0.3, -0.25) is 9.78 Å². The number of hydrogen-bond acceptors (Lipinski definition) is 4. The molecule has 3 aromatic rings. The molecule has 0 amide bonds. The molecular weight excluding hydrogens is 301 g/mol. The number of nitrogens with zero attached hydrogens (tertiary/aromatic N) is 1. The summed E-state index contributed by atoms with van der Waals surface area (Å²) in [6.07, 6.45) is -3.47. The lowest BCUT2D eigenvalue weighted by Crippen LogP contribution is -2.21. The highest BCUT2D eigenvalue weighted by Crippen LogP contribution is 2.34. The Kier molecular flexibility index (Phi) is 3.36. The van der Waals surface area contributed by atoms with Crippen LogP contribution >= 0.6 is 0 Å². The molecule has 0 radical (unpaired) electrons. The van der Waals surface area contributed by atoms with Crippen molar-refractivity contribution in [3.05, 3.63) is 47.1 Å². The van der Waals surface area contributed by atoms with Crippen molar-refractivity contribution in [2.24, 2.45) is 0 Å². The van der Waals surface area contributed by atoms with E-state index in [9.17, 15) is 18.0 Å². The standard InChI is InChI=1S/C14H9F3N2O3/c15-14(16,17)6-21-13-9(8-4-2-1-3-5-8)11-10(12(20)19-13)18-7-22-11/h1-5,7H,6H2,(H,19,20). The van der Waals surface area contributed by atoms with Crippen LogP contribution in [0.15, 0.2) is 45.9 Å². The van der Waals surface area contributed by atoms with E-state index in [0.29, 0.717) is 5.56 Å². The van der Waals surface area contributed by atoms with E-state index >= 15 is 0 Å². The fourth-order valence-electron chi connectivity index (χ4n) is 2.04. The van der Waals surface area contributed by atoms with Gasteiger partial charge in [0.05, 0.1) is 5.56 Å². The first kappa shape index (κ1) is 14.2. The van der Waals surface area contributed by atoms with E-state index < -0.39 is 18.3 Å². The Morgan fingerprint density at radius 3 is 2.64 bits per heavy atom. The van der Waals surface area contributed by atoms with E-state index in [1.165, 1.54) is 0 Å². The van der Waals surface area contributed by atoms with Crippen LogP contribution in [0.4, 0.5) is 13.2 Å². The molecule has 0 saturated carbocycles. The number of aromatic amines is 1. The molecule has 5 nitrogen and oxygen atoms in total. The third-order valence-electron chi connectivity index (χ3n) is 2.91. The zero-order valence-electron chi connectivity index (χ0n) is 11.0. The number of hydrogen-bond donors (Lipinski definition) is 1. The number of oxazole rings is 1. The highest BCUT2D eigenvalue weighted by molar-refractivity contribution is 5.92. The van der Waals surface area contributed by atoms with Gasteiger partial charge in [0.2, 0.25) is 5.88 Å². The predicted octanol–water partition coefficient (Wildman–Crippen LogP) is 3.12. The first-order valence-corrected chi connectivity index (χ1v) is 6.20. The van der Waals surface area contributed by atoms with Gasteiger partial charge in [-0.1, -0.05) is 30.3 Å². The second-order valence-electron chi connectivity index (χ2n) is 4.46. The van der Waals surface area contributed by atoms with Crippen LogP contribution < -0.4 is 10.3 Å². The number of nitrogens with one attached hydrogen (secondary N) is 1. The Hall–Kier alpha value is -2.77. The van der Waals surface area contributed by atoms with Crippen LogP contribution in [0.1, 0.15) is 0 Å². The number of pyridine rings is 1. The summed E-state index contributed by atoms with van der Waals surface area (Å²) in [5.74, 6) is -0.308. The number of halogens is 3. The average molecular weight is 310 g/mol. The largest absolute Gasteiger partial charge is 0.469 e. The quantitative estimate of drug-likeness (QED) is 0.807. The van der Waals surface area contributed by atoms with E-state index in [-0.39, 0.29) is 22.5 Å². The molecule has 0 fully saturated rings. The fourth-order valence-corrected chi connectivity index (χ4v) is 2.04. The van der Waals surface area contributed by atoms with Crippen LogP contribution in [-0.2, 0) is 0 Å². The summed E-state index contributed by atoms with van der Waals surface area (Å²) in [7, 11) is 0. The van der Waals surface area contributed by atoms with Crippen molar-refractivity contribution < 1.29 is 22.3 Å². The molecule has 1 N–H and O–H groups in total. The lowest BCUT2D eigenvalue weighted by atomic mass is 10.1. The first-order valence-electron chi connectivity index (χ1n) is 6.20. The molecule has 0 unspecified atom stereocenters. The second-order valence-corrected chi connectivity index (χ2v) is 4.46. The van der Waals surface area contributed by atoms with Crippen molar-refractivity contribution in [3.63, 3.8) is 0 Å². The number of alkyl halides is 3. The van der Waals surface area contributed by atoms with Crippen molar-refractivity contribution in [2.45, 2.75) is 6.18 Å². The zero-order valence-corrected chi connectivity index (χ0v) is 11.0. The normalized spacial score (nSPS) is 11.8. The minimum atomic E-state index is -4.53. The van der Waals surface area contributed by atoms with E-state index in [1.807, 2.05) is 0 Å². The smallest absolute Gasteiger partial charge is 0.422 e. The maximum Gasteiger partial charge on any atom is 0.422 e. The van der Waals surface area contributed by atoms with Gasteiger partial charge in [-0.2, -0.15) is 13.2 Å². The van der Waals surface area contributed by atoms with Crippen molar-refractivity contribution >= 4 is 11.1 Å². The molecule has 0 saturated heterocycles.